The number of hydrogen-bond acceptors (Lipinski definition) is 3. The number of phenols is 1. The summed E-state index contributed by atoms with van der Waals surface area (Å²) in [5, 5.41) is 9.52. The highest BCUT2D eigenvalue weighted by Gasteiger charge is 2.18. The van der Waals surface area contributed by atoms with Gasteiger partial charge in [-0.2, -0.15) is 0 Å². The Morgan fingerprint density at radius 1 is 1.40 bits per heavy atom. The van der Waals surface area contributed by atoms with E-state index >= 15 is 0 Å². The summed E-state index contributed by atoms with van der Waals surface area (Å²) in [6.45, 7) is 5.34. The zero-order valence-electron chi connectivity index (χ0n) is 8.87. The minimum Gasteiger partial charge on any atom is -0.506 e. The summed E-state index contributed by atoms with van der Waals surface area (Å²) in [6, 6.07) is 4.25. The molecule has 0 aromatic heterocycles. The maximum atomic E-state index is 11.5. The molecule has 0 aliphatic carbocycles. The Morgan fingerprint density at radius 2 is 2.00 bits per heavy atom. The molecule has 0 spiro atoms. The van der Waals surface area contributed by atoms with Crippen molar-refractivity contribution in [3.63, 3.8) is 0 Å². The third-order valence-electron chi connectivity index (χ3n) is 1.58. The van der Waals surface area contributed by atoms with Crippen molar-refractivity contribution < 1.29 is 14.6 Å². The molecule has 1 rings (SSSR count). The van der Waals surface area contributed by atoms with Crippen molar-refractivity contribution in [2.45, 2.75) is 26.4 Å². The molecule has 82 valence electrons. The Labute approximate surface area is 93.6 Å². The van der Waals surface area contributed by atoms with E-state index in [0.717, 1.165) is 0 Å². The normalized spacial score (nSPS) is 11.2. The Bertz CT molecular complexity index is 380. The van der Waals surface area contributed by atoms with Gasteiger partial charge in [-0.3, -0.25) is 0 Å². The number of ether oxygens (including phenoxy) is 1. The predicted octanol–water partition coefficient (Wildman–Crippen LogP) is 3.00. The molecule has 0 heterocycles. The molecular formula is C11H13ClO3. The topological polar surface area (TPSA) is 46.5 Å². The van der Waals surface area contributed by atoms with Crippen LogP contribution in [0.3, 0.4) is 0 Å². The second kappa shape index (κ2) is 4.11. The van der Waals surface area contributed by atoms with Crippen molar-refractivity contribution in [3.05, 3.63) is 28.8 Å². The number of esters is 1. The van der Waals surface area contributed by atoms with Crippen molar-refractivity contribution in [2.24, 2.45) is 0 Å². The Balaban J connectivity index is 2.88. The molecule has 0 bridgehead atoms. The van der Waals surface area contributed by atoms with Gasteiger partial charge in [-0.15, -0.1) is 0 Å². The van der Waals surface area contributed by atoms with Gasteiger partial charge in [0.25, 0.3) is 0 Å². The zero-order chi connectivity index (χ0) is 11.6. The highest BCUT2D eigenvalue weighted by atomic mass is 35.5. The maximum absolute atomic E-state index is 11.5. The molecule has 0 fully saturated rings. The molecule has 0 saturated carbocycles. The van der Waals surface area contributed by atoms with E-state index in [1.807, 2.05) is 0 Å². The summed E-state index contributed by atoms with van der Waals surface area (Å²) >= 11 is 5.62. The first-order valence-electron chi connectivity index (χ1n) is 4.51. The van der Waals surface area contributed by atoms with Crippen molar-refractivity contribution >= 4 is 17.6 Å². The molecule has 4 heteroatoms. The van der Waals surface area contributed by atoms with Crippen molar-refractivity contribution in [2.75, 3.05) is 0 Å². The van der Waals surface area contributed by atoms with Gasteiger partial charge >= 0.3 is 5.97 Å². The van der Waals surface area contributed by atoms with Crippen LogP contribution in [0.1, 0.15) is 31.1 Å². The molecule has 0 saturated heterocycles. The van der Waals surface area contributed by atoms with Crippen LogP contribution in [-0.4, -0.2) is 16.7 Å². The first-order chi connectivity index (χ1) is 6.79. The zero-order valence-corrected chi connectivity index (χ0v) is 9.63. The minimum atomic E-state index is -0.549. The molecule has 15 heavy (non-hydrogen) atoms. The summed E-state index contributed by atoms with van der Waals surface area (Å²) in [5.41, 5.74) is -0.265. The largest absolute Gasteiger partial charge is 0.506 e. The van der Waals surface area contributed by atoms with E-state index in [0.29, 0.717) is 0 Å². The quantitative estimate of drug-likeness (QED) is 0.752. The molecule has 3 nitrogen and oxygen atoms in total. The van der Waals surface area contributed by atoms with E-state index in [2.05, 4.69) is 0 Å². The first kappa shape index (κ1) is 11.9. The van der Waals surface area contributed by atoms with E-state index < -0.39 is 11.6 Å². The van der Waals surface area contributed by atoms with Crippen LogP contribution in [-0.2, 0) is 4.74 Å². The molecule has 0 radical (unpaired) electrons. The van der Waals surface area contributed by atoms with E-state index in [1.54, 1.807) is 20.8 Å². The van der Waals surface area contributed by atoms with Crippen LogP contribution < -0.4 is 0 Å². The third kappa shape index (κ3) is 3.44. The monoisotopic (exact) mass is 228 g/mol. The van der Waals surface area contributed by atoms with Crippen molar-refractivity contribution in [1.29, 1.82) is 0 Å². The number of halogens is 1. The highest BCUT2D eigenvalue weighted by molar-refractivity contribution is 6.32. The number of aromatic hydroxyl groups is 1. The molecule has 0 amide bonds. The Hall–Kier alpha value is -1.22. The first-order valence-corrected chi connectivity index (χ1v) is 4.89. The van der Waals surface area contributed by atoms with Crippen LogP contribution in [0.15, 0.2) is 18.2 Å². The van der Waals surface area contributed by atoms with Crippen LogP contribution in [0.5, 0.6) is 5.75 Å². The van der Waals surface area contributed by atoms with Gasteiger partial charge in [0.15, 0.2) is 0 Å². The highest BCUT2D eigenvalue weighted by Crippen LogP contribution is 2.24. The lowest BCUT2D eigenvalue weighted by atomic mass is 10.1. The van der Waals surface area contributed by atoms with Crippen LogP contribution in [0.2, 0.25) is 5.02 Å². The molecule has 0 unspecified atom stereocenters. The lowest BCUT2D eigenvalue weighted by Gasteiger charge is -2.19. The third-order valence-corrected chi connectivity index (χ3v) is 1.90. The fraction of sp³-hybridized carbons (Fsp3) is 0.364. The average Bonchev–Trinajstić information content (AvgIpc) is 2.06. The van der Waals surface area contributed by atoms with E-state index in [-0.39, 0.29) is 16.3 Å². The van der Waals surface area contributed by atoms with Gasteiger partial charge in [-0.1, -0.05) is 11.6 Å². The summed E-state index contributed by atoms with van der Waals surface area (Å²) in [5.74, 6) is -0.602. The van der Waals surface area contributed by atoms with Gasteiger partial charge in [0, 0.05) is 0 Å². The maximum Gasteiger partial charge on any atom is 0.338 e. The SMILES string of the molecule is CC(C)(C)OC(=O)c1ccc(Cl)c(O)c1. The number of hydrogen-bond donors (Lipinski definition) is 1. The number of carbonyl (C=O) groups excluding carboxylic acids is 1. The van der Waals surface area contributed by atoms with E-state index in [4.69, 9.17) is 16.3 Å². The summed E-state index contributed by atoms with van der Waals surface area (Å²) in [4.78, 5) is 11.5. The molecule has 0 aliphatic rings. The number of phenolic OH excluding ortho intramolecular Hbond substituents is 1. The lowest BCUT2D eigenvalue weighted by Crippen LogP contribution is -2.23. The predicted molar refractivity (Wildman–Crippen MR) is 58.3 cm³/mol. The van der Waals surface area contributed by atoms with Crippen LogP contribution in [0.25, 0.3) is 0 Å². The number of benzene rings is 1. The molecule has 0 atom stereocenters. The van der Waals surface area contributed by atoms with Gasteiger partial charge in [0.1, 0.15) is 11.4 Å². The number of rotatable bonds is 1. The van der Waals surface area contributed by atoms with Crippen LogP contribution >= 0.6 is 11.6 Å². The molecule has 0 aliphatic heterocycles. The van der Waals surface area contributed by atoms with Crippen molar-refractivity contribution in [1.82, 2.24) is 0 Å². The fourth-order valence-electron chi connectivity index (χ4n) is 0.977. The average molecular weight is 229 g/mol. The van der Waals surface area contributed by atoms with Crippen LogP contribution in [0.4, 0.5) is 0 Å². The summed E-state index contributed by atoms with van der Waals surface area (Å²) in [7, 11) is 0. The molecule has 1 N–H and O–H groups in total. The van der Waals surface area contributed by atoms with Gasteiger partial charge in [-0.05, 0) is 39.0 Å². The van der Waals surface area contributed by atoms with Gasteiger partial charge < -0.3 is 9.84 Å². The second-order valence-electron chi connectivity index (χ2n) is 4.17. The Morgan fingerprint density at radius 3 is 2.47 bits per heavy atom. The summed E-state index contributed by atoms with van der Waals surface area (Å²) in [6.07, 6.45) is 0. The van der Waals surface area contributed by atoms with Gasteiger partial charge in [0.05, 0.1) is 10.6 Å². The molecule has 1 aromatic carbocycles. The summed E-state index contributed by atoms with van der Waals surface area (Å²) < 4.78 is 5.13. The van der Waals surface area contributed by atoms with E-state index in [9.17, 15) is 9.90 Å². The molecule has 1 aromatic rings. The van der Waals surface area contributed by atoms with Crippen molar-refractivity contribution in [3.8, 4) is 5.75 Å². The minimum absolute atomic E-state index is 0.125. The Kier molecular flexibility index (Phi) is 3.25. The lowest BCUT2D eigenvalue weighted by molar-refractivity contribution is 0.00691. The van der Waals surface area contributed by atoms with E-state index in [1.165, 1.54) is 18.2 Å². The van der Waals surface area contributed by atoms with Gasteiger partial charge in [-0.25, -0.2) is 4.79 Å². The number of carbonyl (C=O) groups is 1. The van der Waals surface area contributed by atoms with Gasteiger partial charge in [0.2, 0.25) is 0 Å². The fourth-order valence-corrected chi connectivity index (χ4v) is 1.09. The second-order valence-corrected chi connectivity index (χ2v) is 4.58. The van der Waals surface area contributed by atoms with Crippen LogP contribution in [0, 0.1) is 0 Å². The smallest absolute Gasteiger partial charge is 0.338 e. The standard InChI is InChI=1S/C11H13ClO3/c1-11(2,3)15-10(14)7-4-5-8(12)9(13)6-7/h4-6,13H,1-3H3. The molecular weight excluding hydrogens is 216 g/mol.